The maximum absolute atomic E-state index is 13.2. The molecule has 1 saturated carbocycles. The summed E-state index contributed by atoms with van der Waals surface area (Å²) < 4.78 is 63.7. The van der Waals surface area contributed by atoms with Gasteiger partial charge >= 0.3 is 16.5 Å². The van der Waals surface area contributed by atoms with Gasteiger partial charge in [-0.15, -0.1) is 18.1 Å². The van der Waals surface area contributed by atoms with Crippen LogP contribution < -0.4 is 17.0 Å². The van der Waals surface area contributed by atoms with Gasteiger partial charge in [-0.2, -0.15) is 4.98 Å². The molecule has 20 nitrogen and oxygen atoms in total. The molecule has 3 fully saturated rings. The highest BCUT2D eigenvalue weighted by Gasteiger charge is 2.56. The molecule has 2 saturated heterocycles. The van der Waals surface area contributed by atoms with Crippen molar-refractivity contribution in [3.05, 3.63) is 29.3 Å². The molecule has 0 aromatic carbocycles. The summed E-state index contributed by atoms with van der Waals surface area (Å²) in [6.45, 7) is -0.509. The number of nitrogens with two attached hydrogens (primary N) is 2. The lowest BCUT2D eigenvalue weighted by Gasteiger charge is -2.18. The second-order valence-electron chi connectivity index (χ2n) is 10.4. The fourth-order valence-corrected chi connectivity index (χ4v) is 7.55. The summed E-state index contributed by atoms with van der Waals surface area (Å²) in [4.78, 5) is 35.4. The molecule has 2 aliphatic heterocycles. The van der Waals surface area contributed by atoms with Crippen LogP contribution in [0, 0.1) is 5.92 Å². The molecule has 22 heteroatoms. The Morgan fingerprint density at radius 1 is 1.00 bits per heavy atom. The SMILES string of the molecule is COC1C2CO[P+](=O)OC3C(CO[P+](=O)OC1C(n1cnc4c(=O)[nH]c(N)nc41)O2)CC(n1cnc2c(N)ncnc21)C3O. The first-order valence-corrected chi connectivity index (χ1v) is 15.5. The van der Waals surface area contributed by atoms with Crippen molar-refractivity contribution in [2.24, 2.45) is 5.92 Å². The van der Waals surface area contributed by atoms with E-state index >= 15 is 0 Å². The van der Waals surface area contributed by atoms with Gasteiger partial charge in [0.25, 0.3) is 5.56 Å². The Morgan fingerprint density at radius 3 is 2.52 bits per heavy atom. The number of nitrogens with one attached hydrogen (secondary N) is 1. The van der Waals surface area contributed by atoms with Crippen LogP contribution in [0.5, 0.6) is 0 Å². The minimum atomic E-state index is -2.81. The molecule has 10 unspecified atom stereocenters. The van der Waals surface area contributed by atoms with E-state index in [2.05, 4.69) is 29.9 Å². The number of ether oxygens (including phenoxy) is 2. The summed E-state index contributed by atoms with van der Waals surface area (Å²) in [5.41, 5.74) is 11.9. The van der Waals surface area contributed by atoms with E-state index in [1.54, 1.807) is 4.57 Å². The Labute approximate surface area is 247 Å². The second kappa shape index (κ2) is 11.4. The lowest BCUT2D eigenvalue weighted by Crippen LogP contribution is -2.36. The van der Waals surface area contributed by atoms with Crippen molar-refractivity contribution in [3.63, 3.8) is 0 Å². The molecule has 0 radical (unpaired) electrons. The van der Waals surface area contributed by atoms with Crippen molar-refractivity contribution in [3.8, 4) is 0 Å². The molecule has 4 aromatic heterocycles. The van der Waals surface area contributed by atoms with E-state index in [0.29, 0.717) is 11.2 Å². The number of H-pyrrole nitrogens is 1. The van der Waals surface area contributed by atoms with Crippen LogP contribution in [0.25, 0.3) is 22.3 Å². The average molecular weight is 652 g/mol. The Bertz CT molecular complexity index is 1820. The quantitative estimate of drug-likeness (QED) is 0.213. The number of imidazole rings is 2. The zero-order chi connectivity index (χ0) is 30.7. The number of nitrogen functional groups attached to an aromatic ring is 2. The Morgan fingerprint density at radius 2 is 1.73 bits per heavy atom. The van der Waals surface area contributed by atoms with Crippen molar-refractivity contribution >= 4 is 50.6 Å². The molecule has 10 atom stereocenters. The number of methoxy groups -OCH3 is 1. The zero-order valence-electron chi connectivity index (χ0n) is 22.8. The summed E-state index contributed by atoms with van der Waals surface area (Å²) >= 11 is 0. The molecule has 2 bridgehead atoms. The fourth-order valence-electron chi connectivity index (χ4n) is 5.93. The Balaban J connectivity index is 1.17. The maximum atomic E-state index is 13.2. The molecule has 6 heterocycles. The molecule has 44 heavy (non-hydrogen) atoms. The van der Waals surface area contributed by atoms with Crippen LogP contribution in [0.15, 0.2) is 23.8 Å². The molecule has 6 N–H and O–H groups in total. The minimum Gasteiger partial charge on any atom is -0.388 e. The lowest BCUT2D eigenvalue weighted by molar-refractivity contribution is -0.0535. The molecule has 4 aromatic rings. The van der Waals surface area contributed by atoms with E-state index in [1.165, 1.54) is 30.7 Å². The van der Waals surface area contributed by atoms with Crippen LogP contribution in [0.2, 0.25) is 0 Å². The van der Waals surface area contributed by atoms with Gasteiger partial charge in [-0.25, -0.2) is 19.9 Å². The maximum Gasteiger partial charge on any atom is 0.697 e. The minimum absolute atomic E-state index is 0.0121. The molecule has 1 aliphatic carbocycles. The van der Waals surface area contributed by atoms with Crippen molar-refractivity contribution in [1.82, 2.24) is 39.0 Å². The highest BCUT2D eigenvalue weighted by Crippen LogP contribution is 2.47. The highest BCUT2D eigenvalue weighted by atomic mass is 31.1. The normalized spacial score (nSPS) is 33.2. The van der Waals surface area contributed by atoms with Gasteiger partial charge in [0, 0.05) is 22.2 Å². The number of aliphatic hydroxyl groups is 1. The van der Waals surface area contributed by atoms with Gasteiger partial charge in [0.1, 0.15) is 49.5 Å². The third-order valence-electron chi connectivity index (χ3n) is 7.92. The first-order chi connectivity index (χ1) is 21.2. The number of aromatic nitrogens is 8. The molecular weight excluding hydrogens is 626 g/mol. The topological polar surface area (TPSA) is 269 Å². The van der Waals surface area contributed by atoms with E-state index < -0.39 is 70.8 Å². The van der Waals surface area contributed by atoms with Crippen LogP contribution >= 0.6 is 16.5 Å². The molecule has 0 amide bonds. The third-order valence-corrected chi connectivity index (χ3v) is 9.47. The molecule has 0 spiro atoms. The van der Waals surface area contributed by atoms with Crippen LogP contribution in [-0.2, 0) is 36.7 Å². The fraction of sp³-hybridized carbons (Fsp3) is 0.545. The molecule has 7 rings (SSSR count). The van der Waals surface area contributed by atoms with Crippen molar-refractivity contribution < 1.29 is 41.8 Å². The summed E-state index contributed by atoms with van der Waals surface area (Å²) in [5.74, 6) is -0.579. The summed E-state index contributed by atoms with van der Waals surface area (Å²) in [6.07, 6.45) is -1.93. The summed E-state index contributed by atoms with van der Waals surface area (Å²) in [5, 5.41) is 11.3. The molecule has 3 aliphatic rings. The van der Waals surface area contributed by atoms with Crippen molar-refractivity contribution in [2.45, 2.75) is 49.2 Å². The second-order valence-corrected chi connectivity index (χ2v) is 12.2. The Kier molecular flexibility index (Phi) is 7.56. The zero-order valence-corrected chi connectivity index (χ0v) is 24.6. The molecular formula is C22H26N10O10P2+2. The number of aliphatic hydroxyl groups excluding tert-OH is 1. The number of rotatable bonds is 3. The third kappa shape index (κ3) is 4.93. The number of hydrogen-bond acceptors (Lipinski definition) is 17. The van der Waals surface area contributed by atoms with Gasteiger partial charge in [-0.1, -0.05) is 0 Å². The predicted molar refractivity (Wildman–Crippen MR) is 147 cm³/mol. The van der Waals surface area contributed by atoms with Gasteiger partial charge in [-0.3, -0.25) is 14.3 Å². The van der Waals surface area contributed by atoms with Gasteiger partial charge in [0.2, 0.25) is 5.95 Å². The van der Waals surface area contributed by atoms with Crippen LogP contribution in [0.3, 0.4) is 0 Å². The first-order valence-electron chi connectivity index (χ1n) is 13.3. The van der Waals surface area contributed by atoms with E-state index in [9.17, 15) is 19.0 Å². The van der Waals surface area contributed by atoms with Gasteiger partial charge < -0.3 is 30.6 Å². The van der Waals surface area contributed by atoms with Crippen LogP contribution in [-0.4, -0.2) is 95.0 Å². The Hall–Kier alpha value is -3.58. The number of anilines is 2. The van der Waals surface area contributed by atoms with E-state index in [-0.39, 0.29) is 42.6 Å². The average Bonchev–Trinajstić information content (AvgIpc) is 3.75. The lowest BCUT2D eigenvalue weighted by atomic mass is 10.1. The number of hydrogen-bond donors (Lipinski definition) is 4. The summed E-state index contributed by atoms with van der Waals surface area (Å²) in [7, 11) is -4.22. The monoisotopic (exact) mass is 652 g/mol. The van der Waals surface area contributed by atoms with E-state index in [0.717, 1.165) is 0 Å². The van der Waals surface area contributed by atoms with Crippen LogP contribution in [0.1, 0.15) is 18.7 Å². The van der Waals surface area contributed by atoms with Gasteiger partial charge in [0.15, 0.2) is 35.0 Å². The molecule has 232 valence electrons. The van der Waals surface area contributed by atoms with Crippen molar-refractivity contribution in [2.75, 3.05) is 31.8 Å². The van der Waals surface area contributed by atoms with E-state index in [1.807, 2.05) is 0 Å². The first kappa shape index (κ1) is 29.1. The van der Waals surface area contributed by atoms with Crippen LogP contribution in [0.4, 0.5) is 11.8 Å². The van der Waals surface area contributed by atoms with Crippen molar-refractivity contribution in [1.29, 1.82) is 0 Å². The predicted octanol–water partition coefficient (Wildman–Crippen LogP) is 0.0902. The smallest absolute Gasteiger partial charge is 0.388 e. The standard InChI is InChI=1S/C22H25N10O10P2/c1-37-15-10-4-39-44(36)41-14-8(2-9(13(14)33)31-6-27-11-17(23)25-5-26-18(11)31)3-38-43(35)42-16(15)21(40-10)32-7-28-12-19(32)29-22(24)30-20(12)34/h5-10,13-16,21,33H,2-4H2,1H3,(H4-,23,24,25,26,29,30,34)/q+1/p+1. The number of fused-ring (bicyclic) bond motifs is 5. The highest BCUT2D eigenvalue weighted by molar-refractivity contribution is 7.33. The van der Waals surface area contributed by atoms with Gasteiger partial charge in [-0.05, 0) is 6.42 Å². The summed E-state index contributed by atoms with van der Waals surface area (Å²) in [6, 6.07) is -0.637. The van der Waals surface area contributed by atoms with E-state index in [4.69, 9.17) is 39.0 Å². The number of nitrogens with zero attached hydrogens (tertiary/aromatic N) is 7. The largest absolute Gasteiger partial charge is 0.697 e. The number of aromatic amines is 1. The van der Waals surface area contributed by atoms with Gasteiger partial charge in [0.05, 0.1) is 18.7 Å².